The summed E-state index contributed by atoms with van der Waals surface area (Å²) in [6.07, 6.45) is 0.787. The van der Waals surface area contributed by atoms with Gasteiger partial charge in [-0.2, -0.15) is 0 Å². The van der Waals surface area contributed by atoms with E-state index in [0.29, 0.717) is 39.0 Å². The monoisotopic (exact) mass is 480 g/mol. The molecular formula is C27H36N4O4. The second-order valence-corrected chi connectivity index (χ2v) is 9.77. The average molecular weight is 481 g/mol. The number of carbonyl (C=O) groups is 3. The standard InChI is InChI=1S/C27H36N4O4/c1-27(2,3)35-26(34)30-22-14-16-31(17-15-22)23(24(32)28-18-20-10-6-4-7-11-20)25(33)29-19-21-12-8-5-9-13-21/h4-13,22-23H,14-19H2,1-3H3,(H,28,32)(H,29,33)(H,30,34). The van der Waals surface area contributed by atoms with Crippen molar-refractivity contribution in [1.29, 1.82) is 0 Å². The molecule has 35 heavy (non-hydrogen) atoms. The fourth-order valence-corrected chi connectivity index (χ4v) is 3.99. The van der Waals surface area contributed by atoms with Gasteiger partial charge in [0.2, 0.25) is 11.8 Å². The Hall–Kier alpha value is -3.39. The number of hydrogen-bond acceptors (Lipinski definition) is 5. The molecule has 2 aromatic rings. The summed E-state index contributed by atoms with van der Waals surface area (Å²) >= 11 is 0. The highest BCUT2D eigenvalue weighted by molar-refractivity contribution is 6.04. The van der Waals surface area contributed by atoms with Gasteiger partial charge in [0.15, 0.2) is 6.04 Å². The first-order valence-electron chi connectivity index (χ1n) is 12.1. The van der Waals surface area contributed by atoms with E-state index in [-0.39, 0.29) is 17.9 Å². The number of nitrogens with one attached hydrogen (secondary N) is 3. The van der Waals surface area contributed by atoms with Crippen LogP contribution in [0.15, 0.2) is 60.7 Å². The summed E-state index contributed by atoms with van der Waals surface area (Å²) in [5.41, 5.74) is 1.36. The van der Waals surface area contributed by atoms with E-state index >= 15 is 0 Å². The minimum absolute atomic E-state index is 0.0680. The van der Waals surface area contributed by atoms with Crippen LogP contribution in [0.5, 0.6) is 0 Å². The van der Waals surface area contributed by atoms with Crippen LogP contribution in [0.4, 0.5) is 4.79 Å². The average Bonchev–Trinajstić information content (AvgIpc) is 2.83. The Morgan fingerprint density at radius 1 is 0.857 bits per heavy atom. The molecule has 1 heterocycles. The first-order valence-corrected chi connectivity index (χ1v) is 12.1. The van der Waals surface area contributed by atoms with Crippen molar-refractivity contribution in [2.45, 2.75) is 64.4 Å². The van der Waals surface area contributed by atoms with Crippen LogP contribution in [-0.4, -0.2) is 53.6 Å². The fourth-order valence-electron chi connectivity index (χ4n) is 3.99. The Labute approximate surface area is 207 Å². The molecule has 0 aromatic heterocycles. The number of piperidine rings is 1. The predicted octanol–water partition coefficient (Wildman–Crippen LogP) is 2.98. The van der Waals surface area contributed by atoms with E-state index < -0.39 is 17.7 Å². The molecule has 3 N–H and O–H groups in total. The lowest BCUT2D eigenvalue weighted by Crippen LogP contribution is -2.58. The highest BCUT2D eigenvalue weighted by atomic mass is 16.6. The first kappa shape index (κ1) is 26.2. The van der Waals surface area contributed by atoms with Crippen LogP contribution in [0.3, 0.4) is 0 Å². The van der Waals surface area contributed by atoms with Gasteiger partial charge in [0.1, 0.15) is 5.60 Å². The van der Waals surface area contributed by atoms with Gasteiger partial charge in [0, 0.05) is 32.2 Å². The smallest absolute Gasteiger partial charge is 0.407 e. The van der Waals surface area contributed by atoms with Gasteiger partial charge in [-0.25, -0.2) is 4.79 Å². The van der Waals surface area contributed by atoms with Crippen molar-refractivity contribution in [2.24, 2.45) is 0 Å². The summed E-state index contributed by atoms with van der Waals surface area (Å²) in [5, 5.41) is 8.72. The molecule has 3 amide bonds. The Morgan fingerprint density at radius 3 is 1.74 bits per heavy atom. The molecule has 1 aliphatic heterocycles. The molecule has 0 saturated carbocycles. The second-order valence-electron chi connectivity index (χ2n) is 9.77. The quantitative estimate of drug-likeness (QED) is 0.505. The number of nitrogens with zero attached hydrogens (tertiary/aromatic N) is 1. The molecule has 0 bridgehead atoms. The van der Waals surface area contributed by atoms with E-state index in [4.69, 9.17) is 4.74 Å². The summed E-state index contributed by atoms with van der Waals surface area (Å²) in [7, 11) is 0. The van der Waals surface area contributed by atoms with E-state index in [1.807, 2.05) is 86.3 Å². The number of benzene rings is 2. The van der Waals surface area contributed by atoms with Crippen LogP contribution in [0.1, 0.15) is 44.7 Å². The number of ether oxygens (including phenoxy) is 1. The zero-order valence-corrected chi connectivity index (χ0v) is 20.8. The normalized spacial score (nSPS) is 14.9. The van der Waals surface area contributed by atoms with Gasteiger partial charge in [0.05, 0.1) is 0 Å². The van der Waals surface area contributed by atoms with Gasteiger partial charge < -0.3 is 20.7 Å². The minimum Gasteiger partial charge on any atom is -0.444 e. The summed E-state index contributed by atoms with van der Waals surface area (Å²) in [6, 6.07) is 18.2. The number of alkyl carbamates (subject to hydrolysis) is 1. The molecule has 0 unspecified atom stereocenters. The number of hydrogen-bond donors (Lipinski definition) is 3. The maximum atomic E-state index is 13.2. The Morgan fingerprint density at radius 2 is 1.31 bits per heavy atom. The molecule has 1 fully saturated rings. The molecule has 3 rings (SSSR count). The molecule has 1 aliphatic rings. The molecule has 2 aromatic carbocycles. The van der Waals surface area contributed by atoms with Crippen LogP contribution in [0.25, 0.3) is 0 Å². The predicted molar refractivity (Wildman–Crippen MR) is 134 cm³/mol. The van der Waals surface area contributed by atoms with Crippen molar-refractivity contribution in [2.75, 3.05) is 13.1 Å². The van der Waals surface area contributed by atoms with E-state index in [2.05, 4.69) is 16.0 Å². The van der Waals surface area contributed by atoms with Gasteiger partial charge in [-0.15, -0.1) is 0 Å². The molecule has 188 valence electrons. The SMILES string of the molecule is CC(C)(C)OC(=O)NC1CCN(C(C(=O)NCc2ccccc2)C(=O)NCc2ccccc2)CC1. The van der Waals surface area contributed by atoms with Crippen LogP contribution in [0.2, 0.25) is 0 Å². The fraction of sp³-hybridized carbons (Fsp3) is 0.444. The van der Waals surface area contributed by atoms with E-state index in [0.717, 1.165) is 11.1 Å². The van der Waals surface area contributed by atoms with E-state index in [9.17, 15) is 14.4 Å². The molecular weight excluding hydrogens is 444 g/mol. The number of likely N-dealkylation sites (tertiary alicyclic amines) is 1. The lowest BCUT2D eigenvalue weighted by atomic mass is 10.0. The first-order chi connectivity index (χ1) is 16.7. The Kier molecular flexibility index (Phi) is 9.25. The summed E-state index contributed by atoms with van der Waals surface area (Å²) in [6.45, 7) is 7.16. The topological polar surface area (TPSA) is 99.8 Å². The van der Waals surface area contributed by atoms with Gasteiger partial charge in [-0.05, 0) is 44.7 Å². The van der Waals surface area contributed by atoms with Crippen molar-refractivity contribution in [1.82, 2.24) is 20.9 Å². The second kappa shape index (κ2) is 12.4. The molecule has 0 atom stereocenters. The van der Waals surface area contributed by atoms with Gasteiger partial charge in [-0.3, -0.25) is 14.5 Å². The highest BCUT2D eigenvalue weighted by Gasteiger charge is 2.35. The van der Waals surface area contributed by atoms with Gasteiger partial charge in [0.25, 0.3) is 0 Å². The van der Waals surface area contributed by atoms with Crippen LogP contribution in [0, 0.1) is 0 Å². The van der Waals surface area contributed by atoms with E-state index in [1.165, 1.54) is 0 Å². The third kappa shape index (κ3) is 8.72. The minimum atomic E-state index is -0.954. The zero-order chi connectivity index (χ0) is 25.3. The lowest BCUT2D eigenvalue weighted by Gasteiger charge is -2.36. The summed E-state index contributed by atoms with van der Waals surface area (Å²) in [4.78, 5) is 40.4. The van der Waals surface area contributed by atoms with Gasteiger partial charge in [-0.1, -0.05) is 60.7 Å². The molecule has 0 aliphatic carbocycles. The number of rotatable bonds is 8. The Balaban J connectivity index is 1.61. The van der Waals surface area contributed by atoms with Crippen LogP contribution < -0.4 is 16.0 Å². The third-order valence-electron chi connectivity index (χ3n) is 5.73. The molecule has 8 heteroatoms. The molecule has 0 radical (unpaired) electrons. The largest absolute Gasteiger partial charge is 0.444 e. The molecule has 1 saturated heterocycles. The Bertz CT molecular complexity index is 912. The maximum Gasteiger partial charge on any atom is 0.407 e. The third-order valence-corrected chi connectivity index (χ3v) is 5.73. The lowest BCUT2D eigenvalue weighted by molar-refractivity contribution is -0.138. The molecule has 8 nitrogen and oxygen atoms in total. The van der Waals surface area contributed by atoms with Crippen molar-refractivity contribution >= 4 is 17.9 Å². The number of carbonyl (C=O) groups excluding carboxylic acids is 3. The zero-order valence-electron chi connectivity index (χ0n) is 20.8. The molecule has 0 spiro atoms. The van der Waals surface area contributed by atoms with E-state index in [1.54, 1.807) is 0 Å². The van der Waals surface area contributed by atoms with Gasteiger partial charge >= 0.3 is 6.09 Å². The van der Waals surface area contributed by atoms with Crippen molar-refractivity contribution in [3.63, 3.8) is 0 Å². The number of amides is 3. The maximum absolute atomic E-state index is 13.2. The highest BCUT2D eigenvalue weighted by Crippen LogP contribution is 2.16. The summed E-state index contributed by atoms with van der Waals surface area (Å²) in [5.74, 6) is -0.670. The van der Waals surface area contributed by atoms with Crippen LogP contribution >= 0.6 is 0 Å². The van der Waals surface area contributed by atoms with Crippen molar-refractivity contribution in [3.8, 4) is 0 Å². The summed E-state index contributed by atoms with van der Waals surface area (Å²) < 4.78 is 5.35. The van der Waals surface area contributed by atoms with Crippen molar-refractivity contribution in [3.05, 3.63) is 71.8 Å². The van der Waals surface area contributed by atoms with Crippen molar-refractivity contribution < 1.29 is 19.1 Å². The van der Waals surface area contributed by atoms with Crippen LogP contribution in [-0.2, 0) is 27.4 Å².